The number of aliphatic hydroxyl groups is 1. The van der Waals surface area contributed by atoms with E-state index in [0.29, 0.717) is 24.8 Å². The summed E-state index contributed by atoms with van der Waals surface area (Å²) in [6.07, 6.45) is 0.358. The third-order valence-electron chi connectivity index (χ3n) is 2.82. The number of nitrogens with one attached hydrogen (secondary N) is 1. The number of hydrogen-bond acceptors (Lipinski definition) is 4. The molecule has 7 heteroatoms. The van der Waals surface area contributed by atoms with E-state index in [0.717, 1.165) is 0 Å². The van der Waals surface area contributed by atoms with Crippen LogP contribution in [0.25, 0.3) is 0 Å². The summed E-state index contributed by atoms with van der Waals surface area (Å²) >= 11 is 0.324. The number of methoxy groups -OCH3 is 1. The predicted molar refractivity (Wildman–Crippen MR) is 77.8 cm³/mol. The molecule has 0 aliphatic rings. The molecule has 21 heavy (non-hydrogen) atoms. The summed E-state index contributed by atoms with van der Waals surface area (Å²) in [5, 5.41) is 12.6. The van der Waals surface area contributed by atoms with Crippen LogP contribution in [0.3, 0.4) is 0 Å². The first-order valence-corrected chi connectivity index (χ1v) is 7.27. The van der Waals surface area contributed by atoms with E-state index in [2.05, 4.69) is 5.32 Å². The van der Waals surface area contributed by atoms with E-state index in [1.54, 1.807) is 19.1 Å². The quantitative estimate of drug-likeness (QED) is 0.723. The number of carbonyl (C=O) groups is 1. The largest absolute Gasteiger partial charge is 0.388 e. The minimum Gasteiger partial charge on any atom is -0.388 e. The van der Waals surface area contributed by atoms with Crippen molar-refractivity contribution in [1.82, 2.24) is 5.32 Å². The second kappa shape index (κ2) is 8.31. The Balaban J connectivity index is 2.67. The molecule has 0 saturated carbocycles. The van der Waals surface area contributed by atoms with Crippen molar-refractivity contribution >= 4 is 17.7 Å². The van der Waals surface area contributed by atoms with Gasteiger partial charge in [-0.3, -0.25) is 4.79 Å². The van der Waals surface area contributed by atoms with E-state index < -0.39 is 17.3 Å². The van der Waals surface area contributed by atoms with Crippen LogP contribution in [0.1, 0.15) is 23.7 Å². The van der Waals surface area contributed by atoms with Crippen molar-refractivity contribution in [2.45, 2.75) is 29.6 Å². The van der Waals surface area contributed by atoms with Gasteiger partial charge in [0, 0.05) is 31.6 Å². The zero-order chi connectivity index (χ0) is 15.9. The Morgan fingerprint density at radius 2 is 2.14 bits per heavy atom. The van der Waals surface area contributed by atoms with Gasteiger partial charge in [-0.15, -0.1) is 0 Å². The van der Waals surface area contributed by atoms with Crippen LogP contribution < -0.4 is 5.32 Å². The van der Waals surface area contributed by atoms with Gasteiger partial charge in [0.25, 0.3) is 11.7 Å². The minimum absolute atomic E-state index is 0.0167. The Hall–Kier alpha value is -1.18. The van der Waals surface area contributed by atoms with E-state index in [1.807, 2.05) is 0 Å². The van der Waals surface area contributed by atoms with Gasteiger partial charge in [0.2, 0.25) is 0 Å². The number of rotatable bonds is 8. The van der Waals surface area contributed by atoms with Crippen molar-refractivity contribution in [1.29, 1.82) is 0 Å². The maximum atomic E-state index is 12.5. The standard InChI is InChI=1S/C14H19F2NO3S/c1-14(19,7-8-20-2)9-17-12(18)10-5-3-4-6-11(10)21-13(15)16/h3-6,13,19H,7-9H2,1-2H3,(H,17,18). The van der Waals surface area contributed by atoms with Crippen LogP contribution in [0.15, 0.2) is 29.2 Å². The number of thioether (sulfide) groups is 1. The molecule has 1 amide bonds. The highest BCUT2D eigenvalue weighted by molar-refractivity contribution is 7.99. The summed E-state index contributed by atoms with van der Waals surface area (Å²) in [5.74, 6) is -3.08. The van der Waals surface area contributed by atoms with Gasteiger partial charge in [0.1, 0.15) is 0 Å². The minimum atomic E-state index is -2.59. The van der Waals surface area contributed by atoms with Gasteiger partial charge in [0.05, 0.1) is 11.2 Å². The smallest absolute Gasteiger partial charge is 0.288 e. The van der Waals surface area contributed by atoms with Gasteiger partial charge in [-0.1, -0.05) is 23.9 Å². The van der Waals surface area contributed by atoms with Gasteiger partial charge in [0.15, 0.2) is 0 Å². The molecule has 0 saturated heterocycles. The van der Waals surface area contributed by atoms with E-state index in [-0.39, 0.29) is 17.0 Å². The maximum absolute atomic E-state index is 12.5. The average molecular weight is 319 g/mol. The fourth-order valence-corrected chi connectivity index (χ4v) is 2.27. The molecule has 0 radical (unpaired) electrons. The summed E-state index contributed by atoms with van der Waals surface area (Å²) in [4.78, 5) is 12.3. The van der Waals surface area contributed by atoms with Gasteiger partial charge in [-0.05, 0) is 19.1 Å². The lowest BCUT2D eigenvalue weighted by molar-refractivity contribution is 0.0243. The van der Waals surface area contributed by atoms with Crippen molar-refractivity contribution in [3.63, 3.8) is 0 Å². The molecule has 1 aromatic carbocycles. The summed E-state index contributed by atoms with van der Waals surface area (Å²) in [5.41, 5.74) is -0.943. The molecule has 1 unspecified atom stereocenters. The highest BCUT2D eigenvalue weighted by atomic mass is 32.2. The Morgan fingerprint density at radius 3 is 2.76 bits per heavy atom. The number of ether oxygens (including phenoxy) is 1. The molecule has 2 N–H and O–H groups in total. The molecule has 0 aliphatic heterocycles. The number of carbonyl (C=O) groups excluding carboxylic acids is 1. The fraction of sp³-hybridized carbons (Fsp3) is 0.500. The van der Waals surface area contributed by atoms with Crippen LogP contribution in [0.5, 0.6) is 0 Å². The Morgan fingerprint density at radius 1 is 1.48 bits per heavy atom. The Bertz CT molecular complexity index is 469. The molecule has 0 fully saturated rings. The normalized spacial score (nSPS) is 14.0. The van der Waals surface area contributed by atoms with Gasteiger partial charge >= 0.3 is 0 Å². The molecular formula is C14H19F2NO3S. The number of benzene rings is 1. The lowest BCUT2D eigenvalue weighted by Crippen LogP contribution is -2.41. The second-order valence-electron chi connectivity index (χ2n) is 4.80. The van der Waals surface area contributed by atoms with Crippen LogP contribution in [-0.2, 0) is 4.74 Å². The molecule has 0 spiro atoms. The monoisotopic (exact) mass is 319 g/mol. The van der Waals surface area contributed by atoms with Gasteiger partial charge < -0.3 is 15.2 Å². The van der Waals surface area contributed by atoms with E-state index >= 15 is 0 Å². The van der Waals surface area contributed by atoms with Crippen LogP contribution in [-0.4, -0.2) is 42.6 Å². The molecular weight excluding hydrogens is 300 g/mol. The molecule has 1 aromatic rings. The topological polar surface area (TPSA) is 58.6 Å². The molecule has 118 valence electrons. The average Bonchev–Trinajstić information content (AvgIpc) is 2.43. The van der Waals surface area contributed by atoms with Crippen molar-refractivity contribution in [2.24, 2.45) is 0 Å². The molecule has 4 nitrogen and oxygen atoms in total. The van der Waals surface area contributed by atoms with E-state index in [4.69, 9.17) is 4.74 Å². The number of halogens is 2. The van der Waals surface area contributed by atoms with Crippen molar-refractivity contribution < 1.29 is 23.4 Å². The van der Waals surface area contributed by atoms with Crippen LogP contribution in [0.4, 0.5) is 8.78 Å². The molecule has 0 aliphatic carbocycles. The number of alkyl halides is 2. The van der Waals surface area contributed by atoms with E-state index in [1.165, 1.54) is 19.2 Å². The van der Waals surface area contributed by atoms with Gasteiger partial charge in [-0.25, -0.2) is 0 Å². The Kier molecular flexibility index (Phi) is 7.07. The van der Waals surface area contributed by atoms with Crippen LogP contribution in [0.2, 0.25) is 0 Å². The van der Waals surface area contributed by atoms with Crippen LogP contribution in [0, 0.1) is 0 Å². The zero-order valence-electron chi connectivity index (χ0n) is 11.9. The molecule has 0 bridgehead atoms. The van der Waals surface area contributed by atoms with Gasteiger partial charge in [-0.2, -0.15) is 8.78 Å². The number of hydrogen-bond donors (Lipinski definition) is 2. The molecule has 0 aromatic heterocycles. The third-order valence-corrected chi connectivity index (χ3v) is 3.61. The van der Waals surface area contributed by atoms with E-state index in [9.17, 15) is 18.7 Å². The highest BCUT2D eigenvalue weighted by Crippen LogP contribution is 2.28. The summed E-state index contributed by atoms with van der Waals surface area (Å²) in [7, 11) is 1.52. The zero-order valence-corrected chi connectivity index (χ0v) is 12.8. The number of amides is 1. The SMILES string of the molecule is COCCC(C)(O)CNC(=O)c1ccccc1SC(F)F. The maximum Gasteiger partial charge on any atom is 0.288 e. The summed E-state index contributed by atoms with van der Waals surface area (Å²) < 4.78 is 29.8. The first-order chi connectivity index (χ1) is 9.85. The van der Waals surface area contributed by atoms with Crippen molar-refractivity contribution in [2.75, 3.05) is 20.3 Å². The fourth-order valence-electron chi connectivity index (χ4n) is 1.63. The first kappa shape index (κ1) is 17.9. The Labute approximate surface area is 126 Å². The lowest BCUT2D eigenvalue weighted by Gasteiger charge is -2.23. The molecule has 0 heterocycles. The summed E-state index contributed by atoms with van der Waals surface area (Å²) in [6.45, 7) is 1.95. The second-order valence-corrected chi connectivity index (χ2v) is 5.83. The lowest BCUT2D eigenvalue weighted by atomic mass is 10.0. The first-order valence-electron chi connectivity index (χ1n) is 6.39. The summed E-state index contributed by atoms with van der Waals surface area (Å²) in [6, 6.07) is 6.14. The molecule has 1 atom stereocenters. The molecule has 1 rings (SSSR count). The predicted octanol–water partition coefficient (Wildman–Crippen LogP) is 2.52. The van der Waals surface area contributed by atoms with Crippen molar-refractivity contribution in [3.8, 4) is 0 Å². The van der Waals surface area contributed by atoms with Crippen LogP contribution >= 0.6 is 11.8 Å². The third kappa shape index (κ3) is 6.41. The highest BCUT2D eigenvalue weighted by Gasteiger charge is 2.22. The van der Waals surface area contributed by atoms with Crippen molar-refractivity contribution in [3.05, 3.63) is 29.8 Å².